The zero-order valence-corrected chi connectivity index (χ0v) is 9.41. The first-order valence-electron chi connectivity index (χ1n) is 4.31. The van der Waals surface area contributed by atoms with Gasteiger partial charge in [-0.25, -0.2) is 0 Å². The summed E-state index contributed by atoms with van der Waals surface area (Å²) in [6.45, 7) is 2.82. The molecule has 0 unspecified atom stereocenters. The molecule has 0 aliphatic carbocycles. The maximum atomic E-state index is 11.4. The number of aryl methyl sites for hydroxylation is 1. The van der Waals surface area contributed by atoms with Crippen molar-refractivity contribution in [3.63, 3.8) is 0 Å². The van der Waals surface area contributed by atoms with Crippen LogP contribution in [0, 0.1) is 0 Å². The number of carbonyl (C=O) groups excluding carboxylic acids is 1. The smallest absolute Gasteiger partial charge is 0.273 e. The molecule has 0 bridgehead atoms. The molecular weight excluding hydrogens is 250 g/mol. The van der Waals surface area contributed by atoms with Crippen LogP contribution < -0.4 is 5.32 Å². The van der Waals surface area contributed by atoms with Crippen molar-refractivity contribution in [2.75, 3.05) is 13.2 Å². The standard InChI is InChI=1S/C8H12BrN3O2/c1-2-12-5-6(9)7(11-12)8(14)10-3-4-13/h5,13H,2-4H2,1H3,(H,10,14). The van der Waals surface area contributed by atoms with Gasteiger partial charge in [0.1, 0.15) is 0 Å². The molecule has 1 heterocycles. The number of nitrogens with zero attached hydrogens (tertiary/aromatic N) is 2. The molecular formula is C8H12BrN3O2. The summed E-state index contributed by atoms with van der Waals surface area (Å²) in [7, 11) is 0. The molecule has 1 aromatic heterocycles. The molecule has 0 saturated heterocycles. The molecule has 1 rings (SSSR count). The van der Waals surface area contributed by atoms with Gasteiger partial charge in [-0.15, -0.1) is 0 Å². The molecule has 1 amide bonds. The Kier molecular flexibility index (Phi) is 4.09. The van der Waals surface area contributed by atoms with Crippen LogP contribution in [0.5, 0.6) is 0 Å². The van der Waals surface area contributed by atoms with Crippen LogP contribution in [0.1, 0.15) is 17.4 Å². The quantitative estimate of drug-likeness (QED) is 0.824. The van der Waals surface area contributed by atoms with Crippen LogP contribution in [-0.2, 0) is 6.54 Å². The minimum Gasteiger partial charge on any atom is -0.395 e. The van der Waals surface area contributed by atoms with Crippen LogP contribution in [0.4, 0.5) is 0 Å². The van der Waals surface area contributed by atoms with E-state index in [0.717, 1.165) is 0 Å². The predicted molar refractivity (Wildman–Crippen MR) is 55.0 cm³/mol. The number of hydrogen-bond donors (Lipinski definition) is 2. The first-order valence-corrected chi connectivity index (χ1v) is 5.10. The van der Waals surface area contributed by atoms with E-state index in [0.29, 0.717) is 16.7 Å². The number of amides is 1. The number of halogens is 1. The molecule has 78 valence electrons. The van der Waals surface area contributed by atoms with Crippen molar-refractivity contribution < 1.29 is 9.90 Å². The van der Waals surface area contributed by atoms with Crippen molar-refractivity contribution in [2.45, 2.75) is 13.5 Å². The lowest BCUT2D eigenvalue weighted by Crippen LogP contribution is -2.27. The van der Waals surface area contributed by atoms with E-state index in [4.69, 9.17) is 5.11 Å². The van der Waals surface area contributed by atoms with Gasteiger partial charge in [-0.2, -0.15) is 5.10 Å². The molecule has 5 nitrogen and oxygen atoms in total. The van der Waals surface area contributed by atoms with Gasteiger partial charge in [-0.1, -0.05) is 0 Å². The topological polar surface area (TPSA) is 67.2 Å². The largest absolute Gasteiger partial charge is 0.395 e. The Morgan fingerprint density at radius 2 is 2.50 bits per heavy atom. The van der Waals surface area contributed by atoms with Crippen LogP contribution in [-0.4, -0.2) is 33.9 Å². The summed E-state index contributed by atoms with van der Waals surface area (Å²) in [6.07, 6.45) is 1.74. The lowest BCUT2D eigenvalue weighted by atomic mass is 10.4. The van der Waals surface area contributed by atoms with Crippen molar-refractivity contribution in [2.24, 2.45) is 0 Å². The SMILES string of the molecule is CCn1cc(Br)c(C(=O)NCCO)n1. The van der Waals surface area contributed by atoms with Gasteiger partial charge in [0.15, 0.2) is 5.69 Å². The molecule has 0 radical (unpaired) electrons. The molecule has 0 fully saturated rings. The number of aliphatic hydroxyl groups is 1. The van der Waals surface area contributed by atoms with Crippen LogP contribution >= 0.6 is 15.9 Å². The van der Waals surface area contributed by atoms with Gasteiger partial charge in [0, 0.05) is 19.3 Å². The van der Waals surface area contributed by atoms with E-state index in [1.54, 1.807) is 10.9 Å². The first-order chi connectivity index (χ1) is 6.69. The number of nitrogens with one attached hydrogen (secondary N) is 1. The summed E-state index contributed by atoms with van der Waals surface area (Å²) in [6, 6.07) is 0. The first kappa shape index (κ1) is 11.2. The highest BCUT2D eigenvalue weighted by Crippen LogP contribution is 2.14. The summed E-state index contributed by atoms with van der Waals surface area (Å²) in [4.78, 5) is 11.4. The minimum atomic E-state index is -0.280. The van der Waals surface area contributed by atoms with Gasteiger partial charge in [0.25, 0.3) is 5.91 Å². The van der Waals surface area contributed by atoms with Crippen LogP contribution in [0.2, 0.25) is 0 Å². The molecule has 0 saturated carbocycles. The van der Waals surface area contributed by atoms with Gasteiger partial charge in [0.05, 0.1) is 11.1 Å². The number of rotatable bonds is 4. The van der Waals surface area contributed by atoms with Crippen LogP contribution in [0.15, 0.2) is 10.7 Å². The lowest BCUT2D eigenvalue weighted by molar-refractivity contribution is 0.0938. The molecule has 0 aliphatic heterocycles. The van der Waals surface area contributed by atoms with E-state index in [2.05, 4.69) is 26.3 Å². The third-order valence-corrected chi connectivity index (χ3v) is 2.23. The molecule has 14 heavy (non-hydrogen) atoms. The van der Waals surface area contributed by atoms with Crippen molar-refractivity contribution >= 4 is 21.8 Å². The predicted octanol–water partition coefficient (Wildman–Crippen LogP) is 0.388. The Labute approximate surface area is 90.2 Å². The minimum absolute atomic E-state index is 0.0716. The summed E-state index contributed by atoms with van der Waals surface area (Å²) >= 11 is 3.24. The molecule has 1 aromatic rings. The third kappa shape index (κ3) is 2.55. The fourth-order valence-corrected chi connectivity index (χ4v) is 1.46. The van der Waals surface area contributed by atoms with E-state index >= 15 is 0 Å². The van der Waals surface area contributed by atoms with Gasteiger partial charge in [-0.3, -0.25) is 9.48 Å². The maximum Gasteiger partial charge on any atom is 0.273 e. The lowest BCUT2D eigenvalue weighted by Gasteiger charge is -1.99. The van der Waals surface area contributed by atoms with Crippen molar-refractivity contribution in [3.05, 3.63) is 16.4 Å². The zero-order chi connectivity index (χ0) is 10.6. The van der Waals surface area contributed by atoms with Gasteiger partial charge in [-0.05, 0) is 22.9 Å². The van der Waals surface area contributed by atoms with Gasteiger partial charge < -0.3 is 10.4 Å². The van der Waals surface area contributed by atoms with E-state index in [-0.39, 0.29) is 19.1 Å². The Hall–Kier alpha value is -0.880. The molecule has 0 spiro atoms. The fourth-order valence-electron chi connectivity index (χ4n) is 0.966. The molecule has 0 aromatic carbocycles. The zero-order valence-electron chi connectivity index (χ0n) is 7.83. The van der Waals surface area contributed by atoms with Gasteiger partial charge in [0.2, 0.25) is 0 Å². The number of aromatic nitrogens is 2. The number of carbonyl (C=O) groups is 1. The normalized spacial score (nSPS) is 10.2. The molecule has 2 N–H and O–H groups in total. The van der Waals surface area contributed by atoms with E-state index in [1.165, 1.54) is 0 Å². The van der Waals surface area contributed by atoms with E-state index < -0.39 is 0 Å². The number of hydrogen-bond acceptors (Lipinski definition) is 3. The average Bonchev–Trinajstić information content (AvgIpc) is 2.56. The van der Waals surface area contributed by atoms with E-state index in [9.17, 15) is 4.79 Å². The van der Waals surface area contributed by atoms with Crippen molar-refractivity contribution in [1.29, 1.82) is 0 Å². The van der Waals surface area contributed by atoms with Crippen molar-refractivity contribution in [3.8, 4) is 0 Å². The highest BCUT2D eigenvalue weighted by atomic mass is 79.9. The maximum absolute atomic E-state index is 11.4. The second kappa shape index (κ2) is 5.11. The number of aliphatic hydroxyl groups excluding tert-OH is 1. The third-order valence-electron chi connectivity index (χ3n) is 1.65. The van der Waals surface area contributed by atoms with Crippen LogP contribution in [0.3, 0.4) is 0 Å². The monoisotopic (exact) mass is 261 g/mol. The summed E-state index contributed by atoms with van der Waals surface area (Å²) in [5.74, 6) is -0.280. The highest BCUT2D eigenvalue weighted by molar-refractivity contribution is 9.10. The summed E-state index contributed by atoms with van der Waals surface area (Å²) in [5.41, 5.74) is 0.348. The van der Waals surface area contributed by atoms with Crippen molar-refractivity contribution in [1.82, 2.24) is 15.1 Å². The second-order valence-corrected chi connectivity index (χ2v) is 3.52. The molecule has 0 aliphatic rings. The highest BCUT2D eigenvalue weighted by Gasteiger charge is 2.13. The Bertz CT molecular complexity index is 324. The molecule has 0 atom stereocenters. The fraction of sp³-hybridized carbons (Fsp3) is 0.500. The summed E-state index contributed by atoms with van der Waals surface area (Å²) in [5, 5.41) is 15.1. The Morgan fingerprint density at radius 1 is 1.79 bits per heavy atom. The summed E-state index contributed by atoms with van der Waals surface area (Å²) < 4.78 is 2.33. The Morgan fingerprint density at radius 3 is 3.00 bits per heavy atom. The Balaban J connectivity index is 2.73. The van der Waals surface area contributed by atoms with E-state index in [1.807, 2.05) is 6.92 Å². The van der Waals surface area contributed by atoms with Gasteiger partial charge >= 0.3 is 0 Å². The second-order valence-electron chi connectivity index (χ2n) is 2.66. The van der Waals surface area contributed by atoms with Crippen LogP contribution in [0.25, 0.3) is 0 Å². The molecule has 6 heteroatoms. The average molecular weight is 262 g/mol.